The standard InChI is InChI=1S/C11H15N5/c12-11-4-2-1-3-10(11)9-13-5-7-16-8-6-14-15-16/h1-4,6,8,13H,5,7,9,12H2. The van der Waals surface area contributed by atoms with Crippen LogP contribution in [0.25, 0.3) is 0 Å². The smallest absolute Gasteiger partial charge is 0.0692 e. The number of benzene rings is 1. The molecule has 1 aromatic carbocycles. The van der Waals surface area contributed by atoms with Gasteiger partial charge in [0.25, 0.3) is 0 Å². The first-order valence-corrected chi connectivity index (χ1v) is 5.24. The van der Waals surface area contributed by atoms with Gasteiger partial charge in [-0.3, -0.25) is 4.68 Å². The van der Waals surface area contributed by atoms with Crippen molar-refractivity contribution in [2.45, 2.75) is 13.1 Å². The summed E-state index contributed by atoms with van der Waals surface area (Å²) in [6.45, 7) is 2.44. The Kier molecular flexibility index (Phi) is 3.50. The Hall–Kier alpha value is -1.88. The highest BCUT2D eigenvalue weighted by molar-refractivity contribution is 5.46. The van der Waals surface area contributed by atoms with Crippen molar-refractivity contribution >= 4 is 5.69 Å². The number of hydrogen-bond acceptors (Lipinski definition) is 4. The van der Waals surface area contributed by atoms with Crippen molar-refractivity contribution in [3.8, 4) is 0 Å². The SMILES string of the molecule is Nc1ccccc1CNCCn1ccnn1. The van der Waals surface area contributed by atoms with Crippen LogP contribution < -0.4 is 11.1 Å². The minimum Gasteiger partial charge on any atom is -0.398 e. The fourth-order valence-electron chi connectivity index (χ4n) is 1.46. The van der Waals surface area contributed by atoms with Crippen LogP contribution in [-0.4, -0.2) is 21.5 Å². The van der Waals surface area contributed by atoms with Gasteiger partial charge in [0.2, 0.25) is 0 Å². The highest BCUT2D eigenvalue weighted by Gasteiger charge is 1.96. The van der Waals surface area contributed by atoms with Gasteiger partial charge in [-0.25, -0.2) is 0 Å². The Labute approximate surface area is 94.3 Å². The number of aromatic nitrogens is 3. The molecule has 0 spiro atoms. The number of anilines is 1. The van der Waals surface area contributed by atoms with Crippen molar-refractivity contribution < 1.29 is 0 Å². The molecule has 0 atom stereocenters. The van der Waals surface area contributed by atoms with Gasteiger partial charge < -0.3 is 11.1 Å². The molecule has 1 aromatic heterocycles. The first-order chi connectivity index (χ1) is 7.86. The molecule has 0 radical (unpaired) electrons. The van der Waals surface area contributed by atoms with Crippen LogP contribution in [0.5, 0.6) is 0 Å². The van der Waals surface area contributed by atoms with Crippen LogP contribution in [-0.2, 0) is 13.1 Å². The van der Waals surface area contributed by atoms with Crippen LogP contribution in [0.1, 0.15) is 5.56 Å². The molecule has 5 heteroatoms. The van der Waals surface area contributed by atoms with Crippen LogP contribution in [0.2, 0.25) is 0 Å². The lowest BCUT2D eigenvalue weighted by atomic mass is 10.2. The third-order valence-electron chi connectivity index (χ3n) is 2.36. The van der Waals surface area contributed by atoms with Crippen molar-refractivity contribution in [3.05, 3.63) is 42.2 Å². The second-order valence-electron chi connectivity index (χ2n) is 3.54. The lowest BCUT2D eigenvalue weighted by Gasteiger charge is -2.07. The average molecular weight is 217 g/mol. The highest BCUT2D eigenvalue weighted by Crippen LogP contribution is 2.09. The monoisotopic (exact) mass is 217 g/mol. The van der Waals surface area contributed by atoms with Crippen LogP contribution in [0.3, 0.4) is 0 Å². The van der Waals surface area contributed by atoms with Crippen LogP contribution in [0, 0.1) is 0 Å². The highest BCUT2D eigenvalue weighted by atomic mass is 15.4. The molecule has 0 aliphatic carbocycles. The summed E-state index contributed by atoms with van der Waals surface area (Å²) in [4.78, 5) is 0. The molecule has 0 aliphatic rings. The second kappa shape index (κ2) is 5.27. The molecule has 3 N–H and O–H groups in total. The number of nitrogens with one attached hydrogen (secondary N) is 1. The molecule has 84 valence electrons. The molecule has 0 bridgehead atoms. The van der Waals surface area contributed by atoms with E-state index in [0.717, 1.165) is 30.9 Å². The largest absolute Gasteiger partial charge is 0.398 e. The zero-order chi connectivity index (χ0) is 11.2. The minimum atomic E-state index is 0.779. The fraction of sp³-hybridized carbons (Fsp3) is 0.273. The van der Waals surface area contributed by atoms with Crippen LogP contribution in [0.4, 0.5) is 5.69 Å². The first-order valence-electron chi connectivity index (χ1n) is 5.24. The number of nitrogen functional groups attached to an aromatic ring is 1. The third kappa shape index (κ3) is 2.80. The van der Waals surface area contributed by atoms with E-state index in [9.17, 15) is 0 Å². The molecular formula is C11H15N5. The minimum absolute atomic E-state index is 0.779. The zero-order valence-corrected chi connectivity index (χ0v) is 9.00. The molecule has 1 heterocycles. The van der Waals surface area contributed by atoms with E-state index in [0.29, 0.717) is 0 Å². The number of rotatable bonds is 5. The summed E-state index contributed by atoms with van der Waals surface area (Å²) in [6, 6.07) is 7.87. The molecular weight excluding hydrogens is 202 g/mol. The third-order valence-corrected chi connectivity index (χ3v) is 2.36. The van der Waals surface area contributed by atoms with E-state index >= 15 is 0 Å². The summed E-state index contributed by atoms with van der Waals surface area (Å²) in [5.74, 6) is 0. The lowest BCUT2D eigenvalue weighted by Crippen LogP contribution is -2.20. The molecule has 0 amide bonds. The van der Waals surface area contributed by atoms with E-state index in [-0.39, 0.29) is 0 Å². The summed E-state index contributed by atoms with van der Waals surface area (Å²) < 4.78 is 1.79. The van der Waals surface area contributed by atoms with Gasteiger partial charge in [-0.1, -0.05) is 23.4 Å². The van der Waals surface area contributed by atoms with E-state index in [4.69, 9.17) is 5.73 Å². The molecule has 2 aromatic rings. The number of nitrogens with zero attached hydrogens (tertiary/aromatic N) is 3. The van der Waals surface area contributed by atoms with E-state index in [2.05, 4.69) is 15.6 Å². The van der Waals surface area contributed by atoms with Crippen LogP contribution >= 0.6 is 0 Å². The number of para-hydroxylation sites is 1. The van der Waals surface area contributed by atoms with Crippen LogP contribution in [0.15, 0.2) is 36.7 Å². The van der Waals surface area contributed by atoms with Gasteiger partial charge in [0.05, 0.1) is 12.7 Å². The van der Waals surface area contributed by atoms with E-state index in [1.54, 1.807) is 10.9 Å². The van der Waals surface area contributed by atoms with Gasteiger partial charge in [-0.05, 0) is 11.6 Å². The molecule has 0 fully saturated rings. The Morgan fingerprint density at radius 2 is 2.19 bits per heavy atom. The summed E-state index contributed by atoms with van der Waals surface area (Å²) in [7, 11) is 0. The Morgan fingerprint density at radius 3 is 2.94 bits per heavy atom. The van der Waals surface area contributed by atoms with Gasteiger partial charge in [-0.2, -0.15) is 0 Å². The molecule has 0 aliphatic heterocycles. The van der Waals surface area contributed by atoms with Gasteiger partial charge >= 0.3 is 0 Å². The molecule has 0 unspecified atom stereocenters. The Morgan fingerprint density at radius 1 is 1.31 bits per heavy atom. The van der Waals surface area contributed by atoms with Crippen molar-refractivity contribution in [1.82, 2.24) is 20.3 Å². The summed E-state index contributed by atoms with van der Waals surface area (Å²) >= 11 is 0. The van der Waals surface area contributed by atoms with E-state index in [1.165, 1.54) is 0 Å². The summed E-state index contributed by atoms with van der Waals surface area (Å²) in [6.07, 6.45) is 3.52. The predicted octanol–water partition coefficient (Wildman–Crippen LogP) is 0.650. The predicted molar refractivity (Wildman–Crippen MR) is 62.6 cm³/mol. The molecule has 2 rings (SSSR count). The zero-order valence-electron chi connectivity index (χ0n) is 9.00. The maximum atomic E-state index is 5.83. The quantitative estimate of drug-likeness (QED) is 0.570. The van der Waals surface area contributed by atoms with Gasteiger partial charge in [0, 0.05) is 25.0 Å². The molecule has 0 saturated carbocycles. The lowest BCUT2D eigenvalue weighted by molar-refractivity contribution is 0.540. The normalized spacial score (nSPS) is 10.5. The van der Waals surface area contributed by atoms with Crippen molar-refractivity contribution in [2.24, 2.45) is 0 Å². The van der Waals surface area contributed by atoms with Gasteiger partial charge in [0.15, 0.2) is 0 Å². The maximum Gasteiger partial charge on any atom is 0.0692 e. The van der Waals surface area contributed by atoms with Gasteiger partial charge in [-0.15, -0.1) is 5.10 Å². The van der Waals surface area contributed by atoms with Crippen molar-refractivity contribution in [1.29, 1.82) is 0 Å². The van der Waals surface area contributed by atoms with Gasteiger partial charge in [0.1, 0.15) is 0 Å². The Balaban J connectivity index is 1.74. The molecule has 5 nitrogen and oxygen atoms in total. The summed E-state index contributed by atoms with van der Waals surface area (Å²) in [5.41, 5.74) is 7.79. The Bertz CT molecular complexity index is 424. The molecule has 16 heavy (non-hydrogen) atoms. The fourth-order valence-corrected chi connectivity index (χ4v) is 1.46. The molecule has 0 saturated heterocycles. The van der Waals surface area contributed by atoms with E-state index in [1.807, 2.05) is 30.5 Å². The summed E-state index contributed by atoms with van der Waals surface area (Å²) in [5, 5.41) is 10.9. The van der Waals surface area contributed by atoms with E-state index < -0.39 is 0 Å². The number of nitrogens with two attached hydrogens (primary N) is 1. The van der Waals surface area contributed by atoms with Crippen molar-refractivity contribution in [3.63, 3.8) is 0 Å². The second-order valence-corrected chi connectivity index (χ2v) is 3.54. The topological polar surface area (TPSA) is 68.8 Å². The maximum absolute atomic E-state index is 5.83. The average Bonchev–Trinajstić information content (AvgIpc) is 2.79. The van der Waals surface area contributed by atoms with Crippen molar-refractivity contribution in [2.75, 3.05) is 12.3 Å². The number of hydrogen-bond donors (Lipinski definition) is 2. The first kappa shape index (κ1) is 10.6.